The van der Waals surface area contributed by atoms with Crippen LogP contribution in [0.1, 0.15) is 27.8 Å². The van der Waals surface area contributed by atoms with E-state index in [9.17, 15) is 8.42 Å². The maximum atomic E-state index is 12.6. The molecule has 22 heavy (non-hydrogen) atoms. The Morgan fingerprint density at radius 2 is 1.45 bits per heavy atom. The molecule has 0 saturated heterocycles. The van der Waals surface area contributed by atoms with Gasteiger partial charge in [-0.1, -0.05) is 42.0 Å². The molecule has 0 saturated carbocycles. The molecule has 2 aromatic rings. The molecule has 0 unspecified atom stereocenters. The van der Waals surface area contributed by atoms with E-state index in [1.54, 1.807) is 0 Å². The first kappa shape index (κ1) is 16.7. The Balaban J connectivity index is 2.21. The van der Waals surface area contributed by atoms with Crippen molar-refractivity contribution in [2.24, 2.45) is 5.73 Å². The summed E-state index contributed by atoms with van der Waals surface area (Å²) in [6, 6.07) is 11.4. The number of rotatable bonds is 5. The van der Waals surface area contributed by atoms with Gasteiger partial charge in [0.1, 0.15) is 0 Å². The van der Waals surface area contributed by atoms with Crippen LogP contribution in [-0.2, 0) is 23.1 Å². The largest absolute Gasteiger partial charge is 0.326 e. The summed E-state index contributed by atoms with van der Waals surface area (Å²) in [4.78, 5) is 0.372. The SMILES string of the molecule is Cc1cc(C)c(S(=O)(=O)NCc2ccc(CN)cc2)c(C)c1. The van der Waals surface area contributed by atoms with Gasteiger partial charge in [-0.3, -0.25) is 0 Å². The molecule has 0 amide bonds. The lowest BCUT2D eigenvalue weighted by Crippen LogP contribution is -2.25. The van der Waals surface area contributed by atoms with Crippen molar-refractivity contribution in [3.05, 3.63) is 64.2 Å². The summed E-state index contributed by atoms with van der Waals surface area (Å²) in [5, 5.41) is 0. The van der Waals surface area contributed by atoms with Crippen LogP contribution >= 0.6 is 0 Å². The van der Waals surface area contributed by atoms with Crippen molar-refractivity contribution >= 4 is 10.0 Å². The fourth-order valence-corrected chi connectivity index (χ4v) is 4.10. The third-order valence-electron chi connectivity index (χ3n) is 3.60. The van der Waals surface area contributed by atoms with Gasteiger partial charge in [0.2, 0.25) is 10.0 Å². The lowest BCUT2D eigenvalue weighted by Gasteiger charge is -2.13. The highest BCUT2D eigenvalue weighted by Gasteiger charge is 2.19. The number of benzene rings is 2. The van der Waals surface area contributed by atoms with E-state index in [1.807, 2.05) is 57.2 Å². The fourth-order valence-electron chi connectivity index (χ4n) is 2.63. The molecule has 2 aromatic carbocycles. The van der Waals surface area contributed by atoms with Gasteiger partial charge in [0.25, 0.3) is 0 Å². The van der Waals surface area contributed by atoms with Gasteiger partial charge < -0.3 is 5.73 Å². The summed E-state index contributed by atoms with van der Waals surface area (Å²) in [6.45, 7) is 6.35. The van der Waals surface area contributed by atoms with Crippen molar-refractivity contribution in [2.45, 2.75) is 38.8 Å². The minimum atomic E-state index is -3.53. The summed E-state index contributed by atoms with van der Waals surface area (Å²) >= 11 is 0. The van der Waals surface area contributed by atoms with E-state index in [0.717, 1.165) is 27.8 Å². The van der Waals surface area contributed by atoms with Gasteiger partial charge in [-0.25, -0.2) is 13.1 Å². The van der Waals surface area contributed by atoms with E-state index in [2.05, 4.69) is 4.72 Å². The van der Waals surface area contributed by atoms with Crippen LogP contribution in [0.2, 0.25) is 0 Å². The standard InChI is InChI=1S/C17H22N2O2S/c1-12-8-13(2)17(14(3)9-12)22(20,21)19-11-16-6-4-15(10-18)5-7-16/h4-9,19H,10-11,18H2,1-3H3. The van der Waals surface area contributed by atoms with Crippen LogP contribution < -0.4 is 10.5 Å². The van der Waals surface area contributed by atoms with Gasteiger partial charge in [0.15, 0.2) is 0 Å². The average Bonchev–Trinajstić information content (AvgIpc) is 2.44. The third kappa shape index (κ3) is 3.74. The van der Waals surface area contributed by atoms with Crippen LogP contribution in [-0.4, -0.2) is 8.42 Å². The molecule has 0 spiro atoms. The van der Waals surface area contributed by atoms with E-state index in [4.69, 9.17) is 5.73 Å². The van der Waals surface area contributed by atoms with E-state index in [0.29, 0.717) is 11.4 Å². The normalized spacial score (nSPS) is 11.6. The maximum absolute atomic E-state index is 12.6. The van der Waals surface area contributed by atoms with Gasteiger partial charge in [-0.05, 0) is 43.0 Å². The Bertz CT molecular complexity index is 743. The molecule has 0 bridgehead atoms. The molecule has 118 valence electrons. The Kier molecular flexibility index (Phi) is 5.01. The predicted octanol–water partition coefficient (Wildman–Crippen LogP) is 2.55. The third-order valence-corrected chi connectivity index (χ3v) is 5.30. The monoisotopic (exact) mass is 318 g/mol. The number of hydrogen-bond donors (Lipinski definition) is 2. The van der Waals surface area contributed by atoms with Crippen LogP contribution in [0.25, 0.3) is 0 Å². The molecule has 0 aliphatic rings. The molecular weight excluding hydrogens is 296 g/mol. The summed E-state index contributed by atoms with van der Waals surface area (Å²) in [5.41, 5.74) is 10.1. The summed E-state index contributed by atoms with van der Waals surface area (Å²) < 4.78 is 27.8. The summed E-state index contributed by atoms with van der Waals surface area (Å²) in [6.07, 6.45) is 0. The lowest BCUT2D eigenvalue weighted by atomic mass is 10.1. The molecule has 0 atom stereocenters. The Hall–Kier alpha value is -1.69. The van der Waals surface area contributed by atoms with Crippen molar-refractivity contribution in [1.29, 1.82) is 0 Å². The Labute approximate surface area is 132 Å². The fraction of sp³-hybridized carbons (Fsp3) is 0.294. The van der Waals surface area contributed by atoms with Crippen LogP contribution in [0.15, 0.2) is 41.3 Å². The zero-order valence-electron chi connectivity index (χ0n) is 13.2. The molecule has 0 heterocycles. The van der Waals surface area contributed by atoms with Crippen LogP contribution in [0.5, 0.6) is 0 Å². The number of nitrogens with one attached hydrogen (secondary N) is 1. The number of hydrogen-bond acceptors (Lipinski definition) is 3. The highest BCUT2D eigenvalue weighted by Crippen LogP contribution is 2.21. The van der Waals surface area contributed by atoms with E-state index in [1.165, 1.54) is 0 Å². The first-order valence-electron chi connectivity index (χ1n) is 7.19. The zero-order chi connectivity index (χ0) is 16.3. The van der Waals surface area contributed by atoms with Gasteiger partial charge >= 0.3 is 0 Å². The number of aryl methyl sites for hydroxylation is 3. The van der Waals surface area contributed by atoms with Crippen molar-refractivity contribution in [3.63, 3.8) is 0 Å². The topological polar surface area (TPSA) is 72.2 Å². The quantitative estimate of drug-likeness (QED) is 0.890. The van der Waals surface area contributed by atoms with E-state index in [-0.39, 0.29) is 6.54 Å². The van der Waals surface area contributed by atoms with E-state index >= 15 is 0 Å². The molecule has 0 aromatic heterocycles. The van der Waals surface area contributed by atoms with Crippen LogP contribution in [0.4, 0.5) is 0 Å². The molecule has 0 fully saturated rings. The number of nitrogens with two attached hydrogens (primary N) is 1. The van der Waals surface area contributed by atoms with Gasteiger partial charge in [0.05, 0.1) is 4.90 Å². The highest BCUT2D eigenvalue weighted by molar-refractivity contribution is 7.89. The molecule has 0 aliphatic carbocycles. The molecule has 0 radical (unpaired) electrons. The first-order valence-corrected chi connectivity index (χ1v) is 8.67. The highest BCUT2D eigenvalue weighted by atomic mass is 32.2. The molecule has 2 rings (SSSR count). The smallest absolute Gasteiger partial charge is 0.241 e. The van der Waals surface area contributed by atoms with Gasteiger partial charge in [0, 0.05) is 13.1 Å². The lowest BCUT2D eigenvalue weighted by molar-refractivity contribution is 0.580. The molecule has 0 aliphatic heterocycles. The number of sulfonamides is 1. The average molecular weight is 318 g/mol. The predicted molar refractivity (Wildman–Crippen MR) is 89.0 cm³/mol. The van der Waals surface area contributed by atoms with Crippen molar-refractivity contribution < 1.29 is 8.42 Å². The molecular formula is C17H22N2O2S. The summed E-state index contributed by atoms with van der Waals surface area (Å²) in [7, 11) is -3.53. The first-order chi connectivity index (χ1) is 10.3. The Morgan fingerprint density at radius 1 is 0.955 bits per heavy atom. The molecule has 3 N–H and O–H groups in total. The van der Waals surface area contributed by atoms with Crippen molar-refractivity contribution in [2.75, 3.05) is 0 Å². The second kappa shape index (κ2) is 6.60. The molecule has 5 heteroatoms. The van der Waals surface area contributed by atoms with Crippen molar-refractivity contribution in [3.8, 4) is 0 Å². The Morgan fingerprint density at radius 3 is 1.95 bits per heavy atom. The second-order valence-corrected chi connectivity index (χ2v) is 7.28. The second-order valence-electron chi connectivity index (χ2n) is 5.57. The summed E-state index contributed by atoms with van der Waals surface area (Å²) in [5.74, 6) is 0. The minimum absolute atomic E-state index is 0.264. The minimum Gasteiger partial charge on any atom is -0.326 e. The van der Waals surface area contributed by atoms with Gasteiger partial charge in [-0.2, -0.15) is 0 Å². The molecule has 4 nitrogen and oxygen atoms in total. The zero-order valence-corrected chi connectivity index (χ0v) is 14.0. The van der Waals surface area contributed by atoms with Gasteiger partial charge in [-0.15, -0.1) is 0 Å². The van der Waals surface area contributed by atoms with Crippen molar-refractivity contribution in [1.82, 2.24) is 4.72 Å². The van der Waals surface area contributed by atoms with E-state index < -0.39 is 10.0 Å². The van der Waals surface area contributed by atoms with Crippen LogP contribution in [0, 0.1) is 20.8 Å². The van der Waals surface area contributed by atoms with Crippen LogP contribution in [0.3, 0.4) is 0 Å². The maximum Gasteiger partial charge on any atom is 0.241 e.